The molecule has 0 aliphatic heterocycles. The molecular formula is C20H24O. The van der Waals surface area contributed by atoms with Gasteiger partial charge in [0.05, 0.1) is 0 Å². The standard InChI is InChI=1S/C20H24O/c1-4-5-6-16(3)17-11-13-19(14-12-17)20(21)18-9-7-15(2)8-10-18/h7-14,16H,4-6H2,1-3H3. The van der Waals surface area contributed by atoms with Crippen molar-refractivity contribution in [1.82, 2.24) is 0 Å². The van der Waals surface area contributed by atoms with E-state index >= 15 is 0 Å². The number of aryl methyl sites for hydroxylation is 1. The Morgan fingerprint density at radius 3 is 2.00 bits per heavy atom. The van der Waals surface area contributed by atoms with E-state index < -0.39 is 0 Å². The molecule has 0 aliphatic rings. The highest BCUT2D eigenvalue weighted by molar-refractivity contribution is 6.08. The predicted octanol–water partition coefficient (Wildman–Crippen LogP) is 5.52. The summed E-state index contributed by atoms with van der Waals surface area (Å²) in [6.07, 6.45) is 3.70. The first-order valence-corrected chi connectivity index (χ1v) is 7.83. The third kappa shape index (κ3) is 4.04. The third-order valence-corrected chi connectivity index (χ3v) is 4.05. The Morgan fingerprint density at radius 2 is 1.48 bits per heavy atom. The summed E-state index contributed by atoms with van der Waals surface area (Å²) in [5.74, 6) is 0.663. The zero-order valence-electron chi connectivity index (χ0n) is 13.2. The average Bonchev–Trinajstić information content (AvgIpc) is 2.53. The van der Waals surface area contributed by atoms with E-state index in [0.717, 1.165) is 11.1 Å². The van der Waals surface area contributed by atoms with Crippen LogP contribution in [0.3, 0.4) is 0 Å². The summed E-state index contributed by atoms with van der Waals surface area (Å²) in [4.78, 5) is 12.4. The molecule has 0 aliphatic carbocycles. The maximum atomic E-state index is 12.4. The normalized spacial score (nSPS) is 12.1. The molecule has 1 heteroatoms. The van der Waals surface area contributed by atoms with E-state index in [0.29, 0.717) is 5.92 Å². The van der Waals surface area contributed by atoms with Crippen molar-refractivity contribution in [3.05, 3.63) is 70.8 Å². The monoisotopic (exact) mass is 280 g/mol. The second-order valence-electron chi connectivity index (χ2n) is 5.86. The van der Waals surface area contributed by atoms with E-state index in [1.807, 2.05) is 43.3 Å². The Labute approximate surface area is 128 Å². The lowest BCUT2D eigenvalue weighted by molar-refractivity contribution is 0.103. The van der Waals surface area contributed by atoms with Crippen molar-refractivity contribution in [3.8, 4) is 0 Å². The highest BCUT2D eigenvalue weighted by Gasteiger charge is 2.10. The fourth-order valence-corrected chi connectivity index (χ4v) is 2.51. The maximum Gasteiger partial charge on any atom is 0.193 e. The van der Waals surface area contributed by atoms with E-state index in [-0.39, 0.29) is 5.78 Å². The van der Waals surface area contributed by atoms with Crippen LogP contribution in [-0.2, 0) is 0 Å². The molecule has 0 N–H and O–H groups in total. The largest absolute Gasteiger partial charge is 0.289 e. The minimum absolute atomic E-state index is 0.0998. The van der Waals surface area contributed by atoms with Crippen LogP contribution < -0.4 is 0 Å². The lowest BCUT2D eigenvalue weighted by Crippen LogP contribution is -2.02. The summed E-state index contributed by atoms with van der Waals surface area (Å²) >= 11 is 0. The molecule has 1 unspecified atom stereocenters. The number of carbonyl (C=O) groups is 1. The van der Waals surface area contributed by atoms with Gasteiger partial charge in [-0.05, 0) is 24.8 Å². The number of hydrogen-bond acceptors (Lipinski definition) is 1. The van der Waals surface area contributed by atoms with Gasteiger partial charge < -0.3 is 0 Å². The van der Waals surface area contributed by atoms with E-state index in [2.05, 4.69) is 26.0 Å². The topological polar surface area (TPSA) is 17.1 Å². The van der Waals surface area contributed by atoms with Crippen molar-refractivity contribution in [3.63, 3.8) is 0 Å². The van der Waals surface area contributed by atoms with E-state index in [4.69, 9.17) is 0 Å². The van der Waals surface area contributed by atoms with Crippen molar-refractivity contribution >= 4 is 5.78 Å². The number of rotatable bonds is 6. The van der Waals surface area contributed by atoms with Gasteiger partial charge in [-0.2, -0.15) is 0 Å². The minimum Gasteiger partial charge on any atom is -0.289 e. The van der Waals surface area contributed by atoms with E-state index in [1.165, 1.54) is 30.4 Å². The first-order valence-electron chi connectivity index (χ1n) is 7.83. The summed E-state index contributed by atoms with van der Waals surface area (Å²) in [5.41, 5.74) is 4.02. The minimum atomic E-state index is 0.0998. The molecule has 1 atom stereocenters. The van der Waals surface area contributed by atoms with Gasteiger partial charge in [-0.15, -0.1) is 0 Å². The molecule has 0 radical (unpaired) electrons. The molecule has 2 aromatic carbocycles. The highest BCUT2D eigenvalue weighted by atomic mass is 16.1. The fourth-order valence-electron chi connectivity index (χ4n) is 2.51. The molecule has 0 bridgehead atoms. The van der Waals surface area contributed by atoms with Gasteiger partial charge in [0, 0.05) is 11.1 Å². The van der Waals surface area contributed by atoms with Crippen molar-refractivity contribution in [1.29, 1.82) is 0 Å². The Hall–Kier alpha value is -1.89. The molecule has 1 nitrogen and oxygen atoms in total. The zero-order chi connectivity index (χ0) is 15.2. The van der Waals surface area contributed by atoms with Crippen LogP contribution in [0.15, 0.2) is 48.5 Å². The summed E-state index contributed by atoms with van der Waals surface area (Å²) in [6, 6.07) is 15.9. The smallest absolute Gasteiger partial charge is 0.193 e. The predicted molar refractivity (Wildman–Crippen MR) is 89.0 cm³/mol. The van der Waals surface area contributed by atoms with Crippen molar-refractivity contribution in [2.24, 2.45) is 0 Å². The molecule has 110 valence electrons. The van der Waals surface area contributed by atoms with Crippen LogP contribution in [-0.4, -0.2) is 5.78 Å². The lowest BCUT2D eigenvalue weighted by atomic mass is 9.93. The zero-order valence-corrected chi connectivity index (χ0v) is 13.2. The number of unbranched alkanes of at least 4 members (excludes halogenated alkanes) is 1. The molecule has 2 aromatic rings. The number of carbonyl (C=O) groups excluding carboxylic acids is 1. The van der Waals surface area contributed by atoms with Gasteiger partial charge in [-0.3, -0.25) is 4.79 Å². The maximum absolute atomic E-state index is 12.4. The summed E-state index contributed by atoms with van der Waals surface area (Å²) < 4.78 is 0. The molecule has 0 spiro atoms. The quantitative estimate of drug-likeness (QED) is 0.637. The van der Waals surface area contributed by atoms with Crippen LogP contribution in [0, 0.1) is 6.92 Å². The van der Waals surface area contributed by atoms with Gasteiger partial charge >= 0.3 is 0 Å². The third-order valence-electron chi connectivity index (χ3n) is 4.05. The first-order chi connectivity index (χ1) is 10.1. The second kappa shape index (κ2) is 7.21. The summed E-state index contributed by atoms with van der Waals surface area (Å²) in [5, 5.41) is 0. The Kier molecular flexibility index (Phi) is 5.32. The molecule has 0 saturated carbocycles. The van der Waals surface area contributed by atoms with Gasteiger partial charge in [-0.25, -0.2) is 0 Å². The molecule has 0 fully saturated rings. The number of hydrogen-bond donors (Lipinski definition) is 0. The Balaban J connectivity index is 2.11. The lowest BCUT2D eigenvalue weighted by Gasteiger charge is -2.11. The highest BCUT2D eigenvalue weighted by Crippen LogP contribution is 2.22. The van der Waals surface area contributed by atoms with Crippen LogP contribution in [0.5, 0.6) is 0 Å². The molecule has 0 aromatic heterocycles. The Morgan fingerprint density at radius 1 is 0.952 bits per heavy atom. The van der Waals surface area contributed by atoms with E-state index in [9.17, 15) is 4.79 Å². The first kappa shape index (κ1) is 15.5. The van der Waals surface area contributed by atoms with Gasteiger partial charge in [0.2, 0.25) is 0 Å². The Bertz CT molecular complexity index is 578. The number of ketones is 1. The summed E-state index contributed by atoms with van der Waals surface area (Å²) in [7, 11) is 0. The van der Waals surface area contributed by atoms with Crippen LogP contribution in [0.1, 0.15) is 66.1 Å². The summed E-state index contributed by atoms with van der Waals surface area (Å²) in [6.45, 7) is 6.50. The van der Waals surface area contributed by atoms with Gasteiger partial charge in [0.1, 0.15) is 0 Å². The van der Waals surface area contributed by atoms with E-state index in [1.54, 1.807) is 0 Å². The number of benzene rings is 2. The van der Waals surface area contributed by atoms with Crippen LogP contribution in [0.4, 0.5) is 0 Å². The molecule has 21 heavy (non-hydrogen) atoms. The van der Waals surface area contributed by atoms with Crippen LogP contribution in [0.25, 0.3) is 0 Å². The van der Waals surface area contributed by atoms with Gasteiger partial charge in [0.25, 0.3) is 0 Å². The average molecular weight is 280 g/mol. The van der Waals surface area contributed by atoms with Crippen molar-refractivity contribution in [2.45, 2.75) is 46.0 Å². The fraction of sp³-hybridized carbons (Fsp3) is 0.350. The molecule has 0 heterocycles. The van der Waals surface area contributed by atoms with Gasteiger partial charge in [0.15, 0.2) is 5.78 Å². The van der Waals surface area contributed by atoms with Crippen molar-refractivity contribution in [2.75, 3.05) is 0 Å². The van der Waals surface area contributed by atoms with Crippen molar-refractivity contribution < 1.29 is 4.79 Å². The molecule has 2 rings (SSSR count). The second-order valence-corrected chi connectivity index (χ2v) is 5.86. The van der Waals surface area contributed by atoms with Crippen LogP contribution >= 0.6 is 0 Å². The van der Waals surface area contributed by atoms with Crippen LogP contribution in [0.2, 0.25) is 0 Å². The van der Waals surface area contributed by atoms with Gasteiger partial charge in [-0.1, -0.05) is 80.8 Å². The SMILES string of the molecule is CCCCC(C)c1ccc(C(=O)c2ccc(C)cc2)cc1. The molecular weight excluding hydrogens is 256 g/mol. The molecule has 0 amide bonds. The molecule has 0 saturated heterocycles.